The third kappa shape index (κ3) is 9.43. The molecule has 0 aliphatic rings. The Morgan fingerprint density at radius 2 is 0.639 bits per heavy atom. The van der Waals surface area contributed by atoms with E-state index >= 15 is 10.2 Å². The van der Waals surface area contributed by atoms with E-state index in [1.807, 2.05) is 0 Å². The summed E-state index contributed by atoms with van der Waals surface area (Å²) in [6.07, 6.45) is 0.751. The lowest BCUT2D eigenvalue weighted by Gasteiger charge is -2.35. The molecule has 0 unspecified atom stereocenters. The minimum atomic E-state index is -2.73. The molecule has 6 heteroatoms. The highest BCUT2D eigenvalue weighted by atomic mass is 31.2. The van der Waals surface area contributed by atoms with Crippen molar-refractivity contribution in [1.29, 1.82) is 0 Å². The van der Waals surface area contributed by atoms with Crippen LogP contribution in [0, 0.1) is 0 Å². The van der Waals surface area contributed by atoms with E-state index in [0.29, 0.717) is 13.1 Å². The average Bonchev–Trinajstić information content (AvgIpc) is 3.21. The van der Waals surface area contributed by atoms with E-state index in [9.17, 15) is 0 Å². The quantitative estimate of drug-likeness (QED) is 0.113. The minimum Gasteiger partial charge on any atom is -0.872 e. The average molecular weight is 851 g/mol. The van der Waals surface area contributed by atoms with Crippen LogP contribution in [-0.2, 0) is 21.7 Å². The van der Waals surface area contributed by atoms with Crippen LogP contribution in [0.25, 0.3) is 0 Å². The Morgan fingerprint density at radius 3 is 0.869 bits per heavy atom. The fraction of sp³-hybridized carbons (Fsp3) is 0.345. The molecule has 0 amide bonds. The van der Waals surface area contributed by atoms with Gasteiger partial charge in [0.05, 0.1) is 6.42 Å². The lowest BCUT2D eigenvalue weighted by atomic mass is 9.80. The molecule has 320 valence electrons. The number of nitrogens with one attached hydrogen (secondary N) is 2. The highest BCUT2D eigenvalue weighted by molar-refractivity contribution is 7.85. The summed E-state index contributed by atoms with van der Waals surface area (Å²) in [4.78, 5) is 0. The molecule has 0 atom stereocenters. The van der Waals surface area contributed by atoms with Crippen LogP contribution in [0.4, 0.5) is 0 Å². The number of benzene rings is 6. The highest BCUT2D eigenvalue weighted by Gasteiger charge is 2.38. The molecule has 0 fully saturated rings. The topological polar surface area (TPSA) is 74.1 Å². The Morgan fingerprint density at radius 1 is 0.377 bits per heavy atom. The molecule has 6 aromatic rings. The van der Waals surface area contributed by atoms with Crippen molar-refractivity contribution in [2.24, 2.45) is 0 Å². The number of hydrogen-bond acceptors (Lipinski definition) is 2. The summed E-state index contributed by atoms with van der Waals surface area (Å²) >= 11 is 0. The number of hydrogen-bond donors (Lipinski definition) is 2. The number of rotatable bonds is 10. The molecule has 0 heterocycles. The summed E-state index contributed by atoms with van der Waals surface area (Å²) in [5, 5.41) is 36.5. The maximum Gasteiger partial charge on any atom is 0.182 e. The van der Waals surface area contributed by atoms with Crippen molar-refractivity contribution in [2.45, 2.75) is 111 Å². The molecular formula is C55H68N2O2P2. The molecule has 0 aliphatic carbocycles. The van der Waals surface area contributed by atoms with Gasteiger partial charge in [-0.05, 0) is 105 Å². The molecule has 0 radical (unpaired) electrons. The molecule has 0 saturated heterocycles. The van der Waals surface area contributed by atoms with Gasteiger partial charge in [-0.2, -0.15) is 0 Å². The third-order valence-corrected chi connectivity index (χ3v) is 19.6. The van der Waals surface area contributed by atoms with E-state index in [4.69, 9.17) is 0 Å². The molecule has 0 aliphatic heterocycles. The van der Waals surface area contributed by atoms with E-state index in [-0.39, 0.29) is 33.2 Å². The van der Waals surface area contributed by atoms with Crippen molar-refractivity contribution in [1.82, 2.24) is 0 Å². The monoisotopic (exact) mass is 850 g/mol. The van der Waals surface area contributed by atoms with E-state index in [0.717, 1.165) is 60.5 Å². The maximum absolute atomic E-state index is 15.2. The SMILES string of the molecule is CC(C)(C)c1cc(C(C)(C)C)c([O-])c(P(=[NH+]CCC[NH+]=P(c2ccccc2)(c2ccccc2)c2cc(C(C)(C)C)cc(C(C)(C)C)c2[O-])(c2ccccc2)c2ccccc2)c1. The first kappa shape index (κ1) is 45.9. The summed E-state index contributed by atoms with van der Waals surface area (Å²) < 4.78 is 8.35. The molecule has 0 bridgehead atoms. The van der Waals surface area contributed by atoms with Gasteiger partial charge in [-0.15, -0.1) is 0 Å². The van der Waals surface area contributed by atoms with Crippen LogP contribution in [0.15, 0.2) is 146 Å². The van der Waals surface area contributed by atoms with Gasteiger partial charge in [-0.3, -0.25) is 9.49 Å². The van der Waals surface area contributed by atoms with Crippen LogP contribution in [0.1, 0.15) is 112 Å². The maximum atomic E-state index is 15.2. The molecule has 0 spiro atoms. The molecule has 0 aromatic heterocycles. The van der Waals surface area contributed by atoms with Gasteiger partial charge in [-0.1, -0.05) is 180 Å². The van der Waals surface area contributed by atoms with Crippen molar-refractivity contribution in [3.63, 3.8) is 0 Å². The summed E-state index contributed by atoms with van der Waals surface area (Å²) in [6, 6.07) is 51.2. The van der Waals surface area contributed by atoms with Crippen LogP contribution in [0.2, 0.25) is 0 Å². The third-order valence-electron chi connectivity index (χ3n) is 11.8. The van der Waals surface area contributed by atoms with Crippen LogP contribution in [-0.4, -0.2) is 13.1 Å². The van der Waals surface area contributed by atoms with Crippen LogP contribution in [0.3, 0.4) is 0 Å². The lowest BCUT2D eigenvalue weighted by molar-refractivity contribution is -0.467. The molecule has 2 N–H and O–H groups in total. The van der Waals surface area contributed by atoms with Crippen molar-refractivity contribution in [3.05, 3.63) is 168 Å². The molecule has 6 aromatic carbocycles. The molecule has 6 rings (SSSR count). The minimum absolute atomic E-state index is 0.113. The van der Waals surface area contributed by atoms with Gasteiger partial charge in [-0.25, -0.2) is 0 Å². The van der Waals surface area contributed by atoms with E-state index in [1.54, 1.807) is 0 Å². The second-order valence-corrected chi connectivity index (χ2v) is 26.9. The van der Waals surface area contributed by atoms with Crippen molar-refractivity contribution >= 4 is 45.9 Å². The summed E-state index contributed by atoms with van der Waals surface area (Å²) in [5.74, 6) is 0.225. The molecular weight excluding hydrogens is 783 g/mol. The van der Waals surface area contributed by atoms with Gasteiger partial charge < -0.3 is 10.2 Å². The van der Waals surface area contributed by atoms with Crippen molar-refractivity contribution in [2.75, 3.05) is 13.1 Å². The van der Waals surface area contributed by atoms with Crippen molar-refractivity contribution in [3.8, 4) is 11.5 Å². The zero-order valence-corrected chi connectivity index (χ0v) is 40.5. The zero-order chi connectivity index (χ0) is 44.4. The normalized spacial score (nSPS) is 12.9. The Labute approximate surface area is 367 Å². The summed E-state index contributed by atoms with van der Waals surface area (Å²) in [6.45, 7) is 27.6. The van der Waals surface area contributed by atoms with Crippen molar-refractivity contribution < 1.29 is 19.7 Å². The smallest absolute Gasteiger partial charge is 0.182 e. The predicted octanol–water partition coefficient (Wildman–Crippen LogP) is 7.23. The Hall–Kier alpha value is -4.62. The van der Waals surface area contributed by atoms with Gasteiger partial charge >= 0.3 is 0 Å². The van der Waals surface area contributed by atoms with Gasteiger partial charge in [0.15, 0.2) is 14.1 Å². The van der Waals surface area contributed by atoms with E-state index in [2.05, 4.69) is 238 Å². The largest absolute Gasteiger partial charge is 0.872 e. The van der Waals surface area contributed by atoms with Gasteiger partial charge in [0.25, 0.3) is 0 Å². The highest BCUT2D eigenvalue weighted by Crippen LogP contribution is 2.47. The predicted molar refractivity (Wildman–Crippen MR) is 260 cm³/mol. The Balaban J connectivity index is 1.64. The van der Waals surface area contributed by atoms with Gasteiger partial charge in [0, 0.05) is 31.8 Å². The van der Waals surface area contributed by atoms with E-state index < -0.39 is 14.1 Å². The van der Waals surface area contributed by atoms with Gasteiger partial charge in [0.2, 0.25) is 0 Å². The second kappa shape index (κ2) is 17.6. The fourth-order valence-corrected chi connectivity index (χ4v) is 16.0. The lowest BCUT2D eigenvalue weighted by Crippen LogP contribution is -2.76. The van der Waals surface area contributed by atoms with Crippen LogP contribution >= 0.6 is 14.1 Å². The van der Waals surface area contributed by atoms with Crippen LogP contribution in [0.5, 0.6) is 11.5 Å². The first-order valence-corrected chi connectivity index (χ1v) is 25.4. The molecule has 4 nitrogen and oxygen atoms in total. The first-order chi connectivity index (χ1) is 28.6. The van der Waals surface area contributed by atoms with E-state index in [1.165, 1.54) is 0 Å². The summed E-state index contributed by atoms with van der Waals surface area (Å²) in [5.41, 5.74) is 2.97. The molecule has 0 saturated carbocycles. The fourth-order valence-electron chi connectivity index (χ4n) is 8.28. The van der Waals surface area contributed by atoms with Crippen LogP contribution < -0.4 is 51.5 Å². The summed E-state index contributed by atoms with van der Waals surface area (Å²) in [7, 11) is -5.46. The second-order valence-electron chi connectivity index (χ2n) is 20.6. The Bertz CT molecular complexity index is 2290. The Kier molecular flexibility index (Phi) is 13.3. The molecule has 61 heavy (non-hydrogen) atoms. The standard InChI is InChI=1S/C55H68N2O2P2/c1-52(2,3)40-36-46(54(7,8)9)50(58)48(38-40)60(42-26-17-13-18-27-42,43-28-19-14-20-29-43)56-34-25-35-57-61(44-30-21-15-22-31-44,45-32-23-16-24-33-45)49-39-41(53(4,5)6)37-47(51(49)59)55(10,11)12/h13-24,26-33,36-39,58-59H,25,34-35H2,1-12H3. The first-order valence-electron chi connectivity index (χ1n) is 21.9. The van der Waals surface area contributed by atoms with Gasteiger partial charge in [0.1, 0.15) is 13.1 Å². The zero-order valence-electron chi connectivity index (χ0n) is 38.7.